The van der Waals surface area contributed by atoms with Crippen LogP contribution < -0.4 is 11.1 Å². The van der Waals surface area contributed by atoms with E-state index in [-0.39, 0.29) is 23.5 Å². The number of anilines is 1. The Morgan fingerprint density at radius 1 is 1.24 bits per heavy atom. The normalized spacial score (nSPS) is 15.1. The number of hydrogen-bond acceptors (Lipinski definition) is 5. The molecule has 3 rings (SSSR count). The molecule has 1 aromatic carbocycles. The molecular weight excluding hydrogens is 316 g/mol. The van der Waals surface area contributed by atoms with Gasteiger partial charge in [0.2, 0.25) is 0 Å². The van der Waals surface area contributed by atoms with Gasteiger partial charge in [0, 0.05) is 18.7 Å². The van der Waals surface area contributed by atoms with Crippen LogP contribution in [0.5, 0.6) is 0 Å². The van der Waals surface area contributed by atoms with Crippen molar-refractivity contribution in [1.82, 2.24) is 15.3 Å². The second kappa shape index (κ2) is 8.07. The maximum Gasteiger partial charge on any atom is 0.273 e. The molecule has 1 aliphatic carbocycles. The Morgan fingerprint density at radius 2 is 1.96 bits per heavy atom. The Labute approximate surface area is 147 Å². The number of nitrogens with zero attached hydrogens (tertiary/aromatic N) is 2. The van der Waals surface area contributed by atoms with E-state index >= 15 is 0 Å². The van der Waals surface area contributed by atoms with Gasteiger partial charge >= 0.3 is 0 Å². The number of aromatic nitrogens is 2. The summed E-state index contributed by atoms with van der Waals surface area (Å²) in [5.74, 6) is -0.0807. The fraction of sp³-hybridized carbons (Fsp3) is 0.421. The summed E-state index contributed by atoms with van der Waals surface area (Å²) in [6, 6.07) is 8.03. The largest absolute Gasteiger partial charge is 0.382 e. The highest BCUT2D eigenvalue weighted by Gasteiger charge is 2.20. The van der Waals surface area contributed by atoms with Gasteiger partial charge in [-0.3, -0.25) is 4.79 Å². The molecule has 1 amide bonds. The summed E-state index contributed by atoms with van der Waals surface area (Å²) in [6.07, 6.45) is 7.17. The highest BCUT2D eigenvalue weighted by atomic mass is 16.5. The molecule has 0 atom stereocenters. The van der Waals surface area contributed by atoms with Crippen LogP contribution in [0.25, 0.3) is 11.3 Å². The Kier molecular flexibility index (Phi) is 5.60. The van der Waals surface area contributed by atoms with Gasteiger partial charge in [-0.15, -0.1) is 0 Å². The van der Waals surface area contributed by atoms with Crippen LogP contribution in [0.15, 0.2) is 30.5 Å². The molecule has 1 heterocycles. The standard InChI is InChI=1S/C19H24N4O2/c1-25-12-13-7-9-14(10-8-13)16-11-21-18(20)17(23-16)19(24)22-15-5-3-2-4-6-15/h7-11,15H,2-6,12H2,1H3,(H2,20,21)(H,22,24). The topological polar surface area (TPSA) is 90.1 Å². The van der Waals surface area contributed by atoms with Crippen LogP contribution in [0.1, 0.15) is 48.2 Å². The van der Waals surface area contributed by atoms with Gasteiger partial charge in [0.15, 0.2) is 11.5 Å². The van der Waals surface area contributed by atoms with E-state index < -0.39 is 0 Å². The van der Waals surface area contributed by atoms with Crippen LogP contribution in [0.2, 0.25) is 0 Å². The van der Waals surface area contributed by atoms with Crippen LogP contribution in [-0.2, 0) is 11.3 Å². The van der Waals surface area contributed by atoms with E-state index in [2.05, 4.69) is 15.3 Å². The van der Waals surface area contributed by atoms with Gasteiger partial charge in [-0.05, 0) is 18.4 Å². The van der Waals surface area contributed by atoms with Crippen molar-refractivity contribution < 1.29 is 9.53 Å². The van der Waals surface area contributed by atoms with Crippen LogP contribution in [-0.4, -0.2) is 29.0 Å². The number of benzene rings is 1. The maximum atomic E-state index is 12.5. The van der Waals surface area contributed by atoms with Gasteiger partial charge in [0.25, 0.3) is 5.91 Å². The highest BCUT2D eigenvalue weighted by molar-refractivity contribution is 5.97. The second-order valence-electron chi connectivity index (χ2n) is 6.43. The van der Waals surface area contributed by atoms with Gasteiger partial charge < -0.3 is 15.8 Å². The quantitative estimate of drug-likeness (QED) is 0.873. The van der Waals surface area contributed by atoms with E-state index in [0.29, 0.717) is 12.3 Å². The molecule has 0 radical (unpaired) electrons. The van der Waals surface area contributed by atoms with Gasteiger partial charge in [-0.1, -0.05) is 43.5 Å². The second-order valence-corrected chi connectivity index (χ2v) is 6.43. The number of hydrogen-bond donors (Lipinski definition) is 2. The average Bonchev–Trinajstić information content (AvgIpc) is 2.64. The van der Waals surface area contributed by atoms with E-state index in [1.807, 2.05) is 24.3 Å². The van der Waals surface area contributed by atoms with Gasteiger partial charge in [-0.25, -0.2) is 9.97 Å². The molecule has 2 aromatic rings. The van der Waals surface area contributed by atoms with E-state index in [1.165, 1.54) is 6.42 Å². The number of nitrogen functional groups attached to an aromatic ring is 1. The lowest BCUT2D eigenvalue weighted by Crippen LogP contribution is -2.37. The molecular formula is C19H24N4O2. The van der Waals surface area contributed by atoms with E-state index in [9.17, 15) is 4.79 Å². The molecule has 1 fully saturated rings. The van der Waals surface area contributed by atoms with Crippen molar-refractivity contribution in [2.45, 2.75) is 44.8 Å². The molecule has 0 unspecified atom stereocenters. The Balaban J connectivity index is 1.78. The number of nitrogens with two attached hydrogens (primary N) is 1. The van der Waals surface area contributed by atoms with Crippen molar-refractivity contribution in [3.8, 4) is 11.3 Å². The fourth-order valence-corrected chi connectivity index (χ4v) is 3.14. The summed E-state index contributed by atoms with van der Waals surface area (Å²) in [5, 5.41) is 3.04. The molecule has 0 spiro atoms. The summed E-state index contributed by atoms with van der Waals surface area (Å²) in [6.45, 7) is 0.558. The summed E-state index contributed by atoms with van der Waals surface area (Å²) in [5.41, 5.74) is 8.68. The molecule has 1 aliphatic rings. The number of carbonyl (C=O) groups is 1. The predicted octanol–water partition coefficient (Wildman–Crippen LogP) is 2.93. The van der Waals surface area contributed by atoms with Gasteiger partial charge in [0.05, 0.1) is 18.5 Å². The van der Waals surface area contributed by atoms with Crippen LogP contribution in [0.4, 0.5) is 5.82 Å². The fourth-order valence-electron chi connectivity index (χ4n) is 3.14. The zero-order chi connectivity index (χ0) is 17.6. The first-order chi connectivity index (χ1) is 12.2. The third-order valence-electron chi connectivity index (χ3n) is 4.52. The molecule has 25 heavy (non-hydrogen) atoms. The lowest BCUT2D eigenvalue weighted by Gasteiger charge is -2.22. The maximum absolute atomic E-state index is 12.5. The molecule has 1 aromatic heterocycles. The summed E-state index contributed by atoms with van der Waals surface area (Å²) >= 11 is 0. The molecule has 0 aliphatic heterocycles. The summed E-state index contributed by atoms with van der Waals surface area (Å²) in [7, 11) is 1.66. The molecule has 6 nitrogen and oxygen atoms in total. The van der Waals surface area contributed by atoms with Crippen molar-refractivity contribution in [3.05, 3.63) is 41.7 Å². The van der Waals surface area contributed by atoms with Crippen LogP contribution in [0, 0.1) is 0 Å². The van der Waals surface area contributed by atoms with E-state index in [4.69, 9.17) is 10.5 Å². The lowest BCUT2D eigenvalue weighted by atomic mass is 9.95. The summed E-state index contributed by atoms with van der Waals surface area (Å²) < 4.78 is 5.11. The smallest absolute Gasteiger partial charge is 0.273 e. The molecule has 6 heteroatoms. The van der Waals surface area contributed by atoms with Crippen molar-refractivity contribution in [2.24, 2.45) is 0 Å². The molecule has 0 saturated heterocycles. The Hall–Kier alpha value is -2.47. The van der Waals surface area contributed by atoms with Crippen molar-refractivity contribution in [3.63, 3.8) is 0 Å². The Bertz CT molecular complexity index is 725. The number of amides is 1. The lowest BCUT2D eigenvalue weighted by molar-refractivity contribution is 0.0923. The third-order valence-corrected chi connectivity index (χ3v) is 4.52. The monoisotopic (exact) mass is 340 g/mol. The number of rotatable bonds is 5. The van der Waals surface area contributed by atoms with Gasteiger partial charge in [0.1, 0.15) is 0 Å². The van der Waals surface area contributed by atoms with E-state index in [0.717, 1.165) is 36.8 Å². The first-order valence-corrected chi connectivity index (χ1v) is 8.69. The molecule has 1 saturated carbocycles. The SMILES string of the molecule is COCc1ccc(-c2cnc(N)c(C(=O)NC3CCCCC3)n2)cc1. The zero-order valence-corrected chi connectivity index (χ0v) is 14.5. The Morgan fingerprint density at radius 3 is 2.64 bits per heavy atom. The average molecular weight is 340 g/mol. The minimum atomic E-state index is -0.241. The molecule has 3 N–H and O–H groups in total. The first kappa shape index (κ1) is 17.4. The summed E-state index contributed by atoms with van der Waals surface area (Å²) in [4.78, 5) is 21.2. The number of methoxy groups -OCH3 is 1. The predicted molar refractivity (Wildman–Crippen MR) is 96.9 cm³/mol. The minimum Gasteiger partial charge on any atom is -0.382 e. The minimum absolute atomic E-state index is 0.160. The number of carbonyl (C=O) groups excluding carboxylic acids is 1. The van der Waals surface area contributed by atoms with E-state index in [1.54, 1.807) is 13.3 Å². The highest BCUT2D eigenvalue weighted by Crippen LogP contribution is 2.21. The first-order valence-electron chi connectivity index (χ1n) is 8.69. The number of ether oxygens (including phenoxy) is 1. The molecule has 132 valence electrons. The zero-order valence-electron chi connectivity index (χ0n) is 14.5. The van der Waals surface area contributed by atoms with Crippen LogP contribution in [0.3, 0.4) is 0 Å². The van der Waals surface area contributed by atoms with Crippen molar-refractivity contribution in [1.29, 1.82) is 0 Å². The number of nitrogens with one attached hydrogen (secondary N) is 1. The van der Waals surface area contributed by atoms with Crippen molar-refractivity contribution in [2.75, 3.05) is 12.8 Å². The van der Waals surface area contributed by atoms with Crippen LogP contribution >= 0.6 is 0 Å². The van der Waals surface area contributed by atoms with Crippen molar-refractivity contribution >= 4 is 11.7 Å². The van der Waals surface area contributed by atoms with Gasteiger partial charge in [-0.2, -0.15) is 0 Å². The third kappa shape index (κ3) is 4.33. The molecule has 0 bridgehead atoms.